The number of pyridine rings is 1. The summed E-state index contributed by atoms with van der Waals surface area (Å²) in [6.45, 7) is 0.541. The lowest BCUT2D eigenvalue weighted by Crippen LogP contribution is -1.97. The Balaban J connectivity index is 1.84. The van der Waals surface area contributed by atoms with Crippen LogP contribution in [0.3, 0.4) is 0 Å². The smallest absolute Gasteiger partial charge is 0.130 e. The van der Waals surface area contributed by atoms with Crippen molar-refractivity contribution < 1.29 is 9.47 Å². The molecule has 0 aliphatic carbocycles. The highest BCUT2D eigenvalue weighted by atomic mass is 32.2. The molecular formula is C18H17NO2S. The van der Waals surface area contributed by atoms with Gasteiger partial charge < -0.3 is 9.47 Å². The number of hydrogen-bond donors (Lipinski definition) is 0. The van der Waals surface area contributed by atoms with Gasteiger partial charge in [0.1, 0.15) is 18.1 Å². The highest BCUT2D eigenvalue weighted by Crippen LogP contribution is 2.28. The summed E-state index contributed by atoms with van der Waals surface area (Å²) in [6.07, 6.45) is 3.83. The molecule has 0 atom stereocenters. The van der Waals surface area contributed by atoms with Gasteiger partial charge in [-0.1, -0.05) is 12.1 Å². The van der Waals surface area contributed by atoms with E-state index in [1.54, 1.807) is 25.1 Å². The van der Waals surface area contributed by atoms with E-state index in [-0.39, 0.29) is 0 Å². The van der Waals surface area contributed by atoms with Crippen LogP contribution in [0.1, 0.15) is 5.56 Å². The SMILES string of the molecule is COc1ccc2c(OCc3cccc(SC)c3)ccnc2c1. The van der Waals surface area contributed by atoms with Crippen molar-refractivity contribution >= 4 is 22.7 Å². The van der Waals surface area contributed by atoms with Crippen LogP contribution < -0.4 is 9.47 Å². The lowest BCUT2D eigenvalue weighted by molar-refractivity contribution is 0.309. The maximum atomic E-state index is 5.99. The van der Waals surface area contributed by atoms with Gasteiger partial charge in [0.05, 0.1) is 12.6 Å². The van der Waals surface area contributed by atoms with Gasteiger partial charge in [0.2, 0.25) is 0 Å². The molecule has 2 aromatic carbocycles. The van der Waals surface area contributed by atoms with Gasteiger partial charge in [0, 0.05) is 22.5 Å². The number of benzene rings is 2. The number of rotatable bonds is 5. The van der Waals surface area contributed by atoms with Gasteiger partial charge in [-0.2, -0.15) is 0 Å². The van der Waals surface area contributed by atoms with E-state index < -0.39 is 0 Å². The summed E-state index contributed by atoms with van der Waals surface area (Å²) >= 11 is 1.73. The second kappa shape index (κ2) is 6.71. The molecule has 0 amide bonds. The fraction of sp³-hybridized carbons (Fsp3) is 0.167. The molecule has 0 radical (unpaired) electrons. The molecule has 0 spiro atoms. The monoisotopic (exact) mass is 311 g/mol. The van der Waals surface area contributed by atoms with Crippen LogP contribution in [0.4, 0.5) is 0 Å². The molecule has 0 unspecified atom stereocenters. The van der Waals surface area contributed by atoms with E-state index in [4.69, 9.17) is 9.47 Å². The first-order chi connectivity index (χ1) is 10.8. The van der Waals surface area contributed by atoms with E-state index in [0.29, 0.717) is 6.61 Å². The minimum Gasteiger partial charge on any atom is -0.497 e. The van der Waals surface area contributed by atoms with Gasteiger partial charge in [-0.25, -0.2) is 0 Å². The number of nitrogens with zero attached hydrogens (tertiary/aromatic N) is 1. The van der Waals surface area contributed by atoms with Gasteiger partial charge in [-0.3, -0.25) is 4.98 Å². The number of methoxy groups -OCH3 is 1. The van der Waals surface area contributed by atoms with Crippen LogP contribution >= 0.6 is 11.8 Å². The first-order valence-electron chi connectivity index (χ1n) is 6.98. The molecule has 1 aromatic heterocycles. The Morgan fingerprint density at radius 3 is 2.82 bits per heavy atom. The zero-order valence-corrected chi connectivity index (χ0v) is 13.4. The first-order valence-corrected chi connectivity index (χ1v) is 8.21. The minimum absolute atomic E-state index is 0.541. The number of fused-ring (bicyclic) bond motifs is 1. The predicted molar refractivity (Wildman–Crippen MR) is 90.9 cm³/mol. The van der Waals surface area contributed by atoms with Crippen molar-refractivity contribution in [2.45, 2.75) is 11.5 Å². The van der Waals surface area contributed by atoms with Crippen molar-refractivity contribution in [2.24, 2.45) is 0 Å². The maximum absolute atomic E-state index is 5.99. The molecule has 22 heavy (non-hydrogen) atoms. The molecular weight excluding hydrogens is 294 g/mol. The molecule has 0 bridgehead atoms. The topological polar surface area (TPSA) is 31.4 Å². The van der Waals surface area contributed by atoms with Crippen molar-refractivity contribution in [1.29, 1.82) is 0 Å². The standard InChI is InChI=1S/C18H17NO2S/c1-20-14-6-7-16-17(11-14)19-9-8-18(16)21-12-13-4-3-5-15(10-13)22-2/h3-11H,12H2,1-2H3. The molecule has 0 saturated heterocycles. The van der Waals surface area contributed by atoms with Gasteiger partial charge >= 0.3 is 0 Å². The fourth-order valence-corrected chi connectivity index (χ4v) is 2.76. The average Bonchev–Trinajstić information content (AvgIpc) is 2.59. The van der Waals surface area contributed by atoms with Crippen LogP contribution in [0.15, 0.2) is 59.6 Å². The molecule has 1 heterocycles. The lowest BCUT2D eigenvalue weighted by Gasteiger charge is -2.10. The molecule has 0 fully saturated rings. The lowest BCUT2D eigenvalue weighted by atomic mass is 10.2. The van der Waals surface area contributed by atoms with E-state index in [1.165, 1.54) is 4.90 Å². The summed E-state index contributed by atoms with van der Waals surface area (Å²) in [5.41, 5.74) is 2.03. The van der Waals surface area contributed by atoms with E-state index >= 15 is 0 Å². The second-order valence-corrected chi connectivity index (χ2v) is 5.71. The Labute approximate surface area is 134 Å². The Morgan fingerprint density at radius 1 is 1.09 bits per heavy atom. The van der Waals surface area contributed by atoms with E-state index in [0.717, 1.165) is 28.0 Å². The third kappa shape index (κ3) is 3.17. The molecule has 3 nitrogen and oxygen atoms in total. The summed E-state index contributed by atoms with van der Waals surface area (Å²) in [5, 5.41) is 0.990. The number of aromatic nitrogens is 1. The van der Waals surface area contributed by atoms with Crippen molar-refractivity contribution in [3.05, 3.63) is 60.3 Å². The normalized spacial score (nSPS) is 10.6. The first kappa shape index (κ1) is 14.7. The highest BCUT2D eigenvalue weighted by Gasteiger charge is 2.05. The van der Waals surface area contributed by atoms with Crippen LogP contribution in [0.2, 0.25) is 0 Å². The zero-order chi connectivity index (χ0) is 15.4. The second-order valence-electron chi connectivity index (χ2n) is 4.83. The zero-order valence-electron chi connectivity index (χ0n) is 12.6. The van der Waals surface area contributed by atoms with Crippen LogP contribution in [-0.4, -0.2) is 18.3 Å². The Kier molecular flexibility index (Phi) is 4.49. The Hall–Kier alpha value is -2.20. The molecule has 0 aliphatic rings. The molecule has 3 rings (SSSR count). The van der Waals surface area contributed by atoms with Crippen LogP contribution in [0.5, 0.6) is 11.5 Å². The predicted octanol–water partition coefficient (Wildman–Crippen LogP) is 4.54. The molecule has 0 saturated carbocycles. The van der Waals surface area contributed by atoms with E-state index in [9.17, 15) is 0 Å². The van der Waals surface area contributed by atoms with Crippen LogP contribution in [0, 0.1) is 0 Å². The molecule has 0 N–H and O–H groups in total. The number of hydrogen-bond acceptors (Lipinski definition) is 4. The van der Waals surface area contributed by atoms with Crippen molar-refractivity contribution in [3.63, 3.8) is 0 Å². The average molecular weight is 311 g/mol. The third-order valence-electron chi connectivity index (χ3n) is 3.44. The number of thioether (sulfide) groups is 1. The highest BCUT2D eigenvalue weighted by molar-refractivity contribution is 7.98. The number of ether oxygens (including phenoxy) is 2. The van der Waals surface area contributed by atoms with Crippen LogP contribution in [0.25, 0.3) is 10.9 Å². The van der Waals surface area contributed by atoms with Gasteiger partial charge in [0.25, 0.3) is 0 Å². The van der Waals surface area contributed by atoms with Crippen molar-refractivity contribution in [1.82, 2.24) is 4.98 Å². The Bertz CT molecular complexity index is 789. The summed E-state index contributed by atoms with van der Waals surface area (Å²) in [4.78, 5) is 5.61. The van der Waals surface area contributed by atoms with E-state index in [2.05, 4.69) is 35.5 Å². The summed E-state index contributed by atoms with van der Waals surface area (Å²) in [5.74, 6) is 1.63. The molecule has 4 heteroatoms. The summed E-state index contributed by atoms with van der Waals surface area (Å²) in [7, 11) is 1.65. The van der Waals surface area contributed by atoms with Crippen LogP contribution in [-0.2, 0) is 6.61 Å². The fourth-order valence-electron chi connectivity index (χ4n) is 2.28. The molecule has 112 valence electrons. The van der Waals surface area contributed by atoms with Crippen molar-refractivity contribution in [3.8, 4) is 11.5 Å². The minimum atomic E-state index is 0.541. The van der Waals surface area contributed by atoms with Gasteiger partial charge in [0.15, 0.2) is 0 Å². The maximum Gasteiger partial charge on any atom is 0.130 e. The third-order valence-corrected chi connectivity index (χ3v) is 4.16. The van der Waals surface area contributed by atoms with Crippen molar-refractivity contribution in [2.75, 3.05) is 13.4 Å². The largest absolute Gasteiger partial charge is 0.497 e. The molecule has 0 aliphatic heterocycles. The Morgan fingerprint density at radius 2 is 2.00 bits per heavy atom. The quantitative estimate of drug-likeness (QED) is 0.647. The molecule has 3 aromatic rings. The van der Waals surface area contributed by atoms with Gasteiger partial charge in [-0.05, 0) is 42.2 Å². The van der Waals surface area contributed by atoms with Gasteiger partial charge in [-0.15, -0.1) is 11.8 Å². The summed E-state index contributed by atoms with van der Waals surface area (Å²) in [6, 6.07) is 16.1. The summed E-state index contributed by atoms with van der Waals surface area (Å²) < 4.78 is 11.2. The van der Waals surface area contributed by atoms with E-state index in [1.807, 2.05) is 24.3 Å².